The molecule has 0 aromatic heterocycles. The molecule has 116 valence electrons. The molecule has 2 N–H and O–H groups in total. The predicted octanol–water partition coefficient (Wildman–Crippen LogP) is 2.49. The molecule has 1 heterocycles. The summed E-state index contributed by atoms with van der Waals surface area (Å²) in [4.78, 5) is 5.17. The molecule has 1 aromatic rings. The molecule has 0 amide bonds. The molecule has 0 spiro atoms. The highest BCUT2D eigenvalue weighted by Crippen LogP contribution is 2.30. The fourth-order valence-electron chi connectivity index (χ4n) is 4.00. The van der Waals surface area contributed by atoms with Crippen LogP contribution in [0.3, 0.4) is 0 Å². The number of hydrogen-bond acceptors (Lipinski definition) is 3. The van der Waals surface area contributed by atoms with Crippen LogP contribution in [-0.2, 0) is 0 Å². The number of nitrogens with two attached hydrogens (primary N) is 1. The monoisotopic (exact) mass is 287 g/mol. The van der Waals surface area contributed by atoms with Crippen LogP contribution in [0, 0.1) is 5.92 Å². The third-order valence-electron chi connectivity index (χ3n) is 5.19. The van der Waals surface area contributed by atoms with Gasteiger partial charge in [0.2, 0.25) is 0 Å². The predicted molar refractivity (Wildman–Crippen MR) is 88.2 cm³/mol. The maximum absolute atomic E-state index is 6.17. The van der Waals surface area contributed by atoms with E-state index in [1.807, 2.05) is 0 Å². The standard InChI is InChI=1S/C18H29N3/c1-20-10-11-21(13-15-6-5-9-17(19)12-15)18(14-20)16-7-3-2-4-8-16/h2-4,7-8,15,17-18H,5-6,9-14,19H2,1H3. The highest BCUT2D eigenvalue weighted by atomic mass is 15.3. The second-order valence-electron chi connectivity index (χ2n) is 6.98. The van der Waals surface area contributed by atoms with Crippen molar-refractivity contribution in [2.24, 2.45) is 11.7 Å². The van der Waals surface area contributed by atoms with Gasteiger partial charge in [-0.25, -0.2) is 0 Å². The maximum Gasteiger partial charge on any atom is 0.0475 e. The Labute approximate surface area is 129 Å². The molecule has 3 unspecified atom stereocenters. The first-order chi connectivity index (χ1) is 10.2. The Balaban J connectivity index is 1.69. The molecule has 1 aliphatic heterocycles. The first-order valence-electron chi connectivity index (χ1n) is 8.45. The van der Waals surface area contributed by atoms with Crippen LogP contribution in [0.5, 0.6) is 0 Å². The Bertz CT molecular complexity index is 433. The fourth-order valence-corrected chi connectivity index (χ4v) is 4.00. The van der Waals surface area contributed by atoms with Crippen LogP contribution in [0.2, 0.25) is 0 Å². The summed E-state index contributed by atoms with van der Waals surface area (Å²) < 4.78 is 0. The lowest BCUT2D eigenvalue weighted by Crippen LogP contribution is -2.49. The van der Waals surface area contributed by atoms with Crippen LogP contribution >= 0.6 is 0 Å². The van der Waals surface area contributed by atoms with E-state index in [0.717, 1.165) is 12.5 Å². The van der Waals surface area contributed by atoms with E-state index in [0.29, 0.717) is 12.1 Å². The Hall–Kier alpha value is -0.900. The number of hydrogen-bond donors (Lipinski definition) is 1. The SMILES string of the molecule is CN1CCN(CC2CCCC(N)C2)C(c2ccccc2)C1. The molecule has 3 atom stereocenters. The van der Waals surface area contributed by atoms with Crippen LogP contribution in [0.15, 0.2) is 30.3 Å². The molecule has 1 aliphatic carbocycles. The molecule has 0 radical (unpaired) electrons. The van der Waals surface area contributed by atoms with Crippen LogP contribution in [0.4, 0.5) is 0 Å². The van der Waals surface area contributed by atoms with Gasteiger partial charge in [-0.15, -0.1) is 0 Å². The summed E-state index contributed by atoms with van der Waals surface area (Å²) in [5.74, 6) is 0.795. The lowest BCUT2D eigenvalue weighted by atomic mass is 9.85. The van der Waals surface area contributed by atoms with Crippen LogP contribution < -0.4 is 5.73 Å². The highest BCUT2D eigenvalue weighted by molar-refractivity contribution is 5.20. The first kappa shape index (κ1) is 15.0. The van der Waals surface area contributed by atoms with E-state index in [2.05, 4.69) is 47.2 Å². The number of rotatable bonds is 3. The third kappa shape index (κ3) is 3.85. The molecule has 3 nitrogen and oxygen atoms in total. The Morgan fingerprint density at radius 1 is 1.14 bits per heavy atom. The van der Waals surface area contributed by atoms with E-state index in [9.17, 15) is 0 Å². The van der Waals surface area contributed by atoms with Gasteiger partial charge in [0.1, 0.15) is 0 Å². The van der Waals surface area contributed by atoms with Gasteiger partial charge in [-0.1, -0.05) is 36.8 Å². The third-order valence-corrected chi connectivity index (χ3v) is 5.19. The second kappa shape index (κ2) is 6.91. The molecular weight excluding hydrogens is 258 g/mol. The molecule has 1 saturated heterocycles. The van der Waals surface area contributed by atoms with Crippen LogP contribution in [0.1, 0.15) is 37.3 Å². The minimum Gasteiger partial charge on any atom is -0.328 e. The minimum atomic E-state index is 0.436. The van der Waals surface area contributed by atoms with Crippen molar-refractivity contribution in [3.05, 3.63) is 35.9 Å². The topological polar surface area (TPSA) is 32.5 Å². The Kier molecular flexibility index (Phi) is 4.94. The zero-order valence-electron chi connectivity index (χ0n) is 13.2. The van der Waals surface area contributed by atoms with E-state index in [-0.39, 0.29) is 0 Å². The zero-order valence-corrected chi connectivity index (χ0v) is 13.2. The number of likely N-dealkylation sites (N-methyl/N-ethyl adjacent to an activating group) is 1. The molecule has 1 aromatic carbocycles. The van der Waals surface area contributed by atoms with Crippen molar-refractivity contribution in [2.75, 3.05) is 33.2 Å². The fraction of sp³-hybridized carbons (Fsp3) is 0.667. The van der Waals surface area contributed by atoms with Gasteiger partial charge < -0.3 is 10.6 Å². The Morgan fingerprint density at radius 2 is 1.95 bits per heavy atom. The molecule has 2 fully saturated rings. The van der Waals surface area contributed by atoms with Gasteiger partial charge in [0.15, 0.2) is 0 Å². The molecule has 1 saturated carbocycles. The van der Waals surface area contributed by atoms with E-state index in [1.54, 1.807) is 0 Å². The summed E-state index contributed by atoms with van der Waals surface area (Å²) in [5, 5.41) is 0. The maximum atomic E-state index is 6.17. The zero-order chi connectivity index (χ0) is 14.7. The largest absolute Gasteiger partial charge is 0.328 e. The van der Waals surface area contributed by atoms with Crippen LogP contribution in [-0.4, -0.2) is 49.1 Å². The van der Waals surface area contributed by atoms with Gasteiger partial charge in [0, 0.05) is 38.3 Å². The lowest BCUT2D eigenvalue weighted by molar-refractivity contribution is 0.0669. The lowest BCUT2D eigenvalue weighted by Gasteiger charge is -2.42. The van der Waals surface area contributed by atoms with Gasteiger partial charge in [-0.05, 0) is 37.8 Å². The average molecular weight is 287 g/mol. The summed E-state index contributed by atoms with van der Waals surface area (Å²) in [6, 6.07) is 12.0. The summed E-state index contributed by atoms with van der Waals surface area (Å²) in [6.07, 6.45) is 5.12. The van der Waals surface area contributed by atoms with Crippen molar-refractivity contribution in [1.82, 2.24) is 9.80 Å². The summed E-state index contributed by atoms with van der Waals surface area (Å²) in [7, 11) is 2.24. The van der Waals surface area contributed by atoms with Crippen LogP contribution in [0.25, 0.3) is 0 Å². The van der Waals surface area contributed by atoms with Crippen molar-refractivity contribution >= 4 is 0 Å². The van der Waals surface area contributed by atoms with Crippen molar-refractivity contribution in [2.45, 2.75) is 37.8 Å². The van der Waals surface area contributed by atoms with Crippen molar-refractivity contribution < 1.29 is 0 Å². The van der Waals surface area contributed by atoms with Gasteiger partial charge in [0.25, 0.3) is 0 Å². The van der Waals surface area contributed by atoms with Crippen molar-refractivity contribution in [3.8, 4) is 0 Å². The number of piperazine rings is 1. The second-order valence-corrected chi connectivity index (χ2v) is 6.98. The average Bonchev–Trinajstić information content (AvgIpc) is 2.50. The normalized spacial score (nSPS) is 32.2. The van der Waals surface area contributed by atoms with E-state index in [4.69, 9.17) is 5.73 Å². The van der Waals surface area contributed by atoms with Gasteiger partial charge in [-0.2, -0.15) is 0 Å². The first-order valence-corrected chi connectivity index (χ1v) is 8.45. The molecule has 3 rings (SSSR count). The molecule has 3 heteroatoms. The molecule has 21 heavy (non-hydrogen) atoms. The van der Waals surface area contributed by atoms with E-state index >= 15 is 0 Å². The highest BCUT2D eigenvalue weighted by Gasteiger charge is 2.29. The molecule has 0 bridgehead atoms. The summed E-state index contributed by atoms with van der Waals surface area (Å²) in [6.45, 7) is 4.73. The molecule has 2 aliphatic rings. The minimum absolute atomic E-state index is 0.436. The Morgan fingerprint density at radius 3 is 2.71 bits per heavy atom. The van der Waals surface area contributed by atoms with Gasteiger partial charge >= 0.3 is 0 Å². The smallest absolute Gasteiger partial charge is 0.0475 e. The van der Waals surface area contributed by atoms with E-state index < -0.39 is 0 Å². The van der Waals surface area contributed by atoms with E-state index in [1.165, 1.54) is 50.9 Å². The quantitative estimate of drug-likeness (QED) is 0.927. The summed E-state index contributed by atoms with van der Waals surface area (Å²) >= 11 is 0. The molecular formula is C18H29N3. The van der Waals surface area contributed by atoms with Crippen molar-refractivity contribution in [1.29, 1.82) is 0 Å². The summed E-state index contributed by atoms with van der Waals surface area (Å²) in [5.41, 5.74) is 7.63. The van der Waals surface area contributed by atoms with Crippen molar-refractivity contribution in [3.63, 3.8) is 0 Å². The van der Waals surface area contributed by atoms with Gasteiger partial charge in [0.05, 0.1) is 0 Å². The van der Waals surface area contributed by atoms with Gasteiger partial charge in [-0.3, -0.25) is 4.90 Å². The number of benzene rings is 1. The number of nitrogens with zero attached hydrogens (tertiary/aromatic N) is 2.